The van der Waals surface area contributed by atoms with Crippen molar-refractivity contribution in [3.8, 4) is 11.5 Å². The highest BCUT2D eigenvalue weighted by Gasteiger charge is 2.12. The normalized spacial score (nSPS) is 12.3. The zero-order chi connectivity index (χ0) is 22.9. The fourth-order valence-corrected chi connectivity index (χ4v) is 3.55. The van der Waals surface area contributed by atoms with Gasteiger partial charge in [0.15, 0.2) is 11.5 Å². The molecule has 0 aromatic heterocycles. The van der Waals surface area contributed by atoms with Gasteiger partial charge in [-0.1, -0.05) is 18.2 Å². The molecule has 0 bridgehead atoms. The van der Waals surface area contributed by atoms with Crippen LogP contribution in [0.25, 0.3) is 0 Å². The first-order chi connectivity index (χ1) is 14.7. The Morgan fingerprint density at radius 2 is 1.77 bits per heavy atom. The van der Waals surface area contributed by atoms with Crippen LogP contribution >= 0.6 is 0 Å². The van der Waals surface area contributed by atoms with Gasteiger partial charge < -0.3 is 20.1 Å². The minimum absolute atomic E-state index is 0.0462. The monoisotopic (exact) mass is 449 g/mol. The van der Waals surface area contributed by atoms with Crippen molar-refractivity contribution >= 4 is 15.9 Å². The topological polar surface area (TPSA) is 120 Å². The molecule has 0 aliphatic carbocycles. The van der Waals surface area contributed by atoms with Crippen molar-refractivity contribution in [2.24, 2.45) is 5.14 Å². The number of primary sulfonamides is 1. The lowest BCUT2D eigenvalue weighted by Crippen LogP contribution is -2.36. The molecule has 0 heterocycles. The van der Waals surface area contributed by atoms with Gasteiger partial charge in [0.05, 0.1) is 24.7 Å². The number of hydrogen-bond acceptors (Lipinski definition) is 6. The molecule has 0 saturated carbocycles. The fourth-order valence-electron chi connectivity index (χ4n) is 2.98. The second-order valence-corrected chi connectivity index (χ2v) is 8.53. The van der Waals surface area contributed by atoms with Gasteiger partial charge in [0.25, 0.3) is 0 Å². The third-order valence-corrected chi connectivity index (χ3v) is 5.51. The maximum Gasteiger partial charge on any atom is 0.238 e. The maximum atomic E-state index is 12.2. The van der Waals surface area contributed by atoms with Gasteiger partial charge in [-0.15, -0.1) is 0 Å². The van der Waals surface area contributed by atoms with Crippen LogP contribution in [0.4, 0.5) is 0 Å². The average molecular weight is 450 g/mol. The van der Waals surface area contributed by atoms with Crippen molar-refractivity contribution in [1.82, 2.24) is 10.6 Å². The molecule has 2 rings (SSSR count). The molecular weight excluding hydrogens is 418 g/mol. The summed E-state index contributed by atoms with van der Waals surface area (Å²) >= 11 is 0. The number of rotatable bonds is 12. The van der Waals surface area contributed by atoms with E-state index in [0.717, 1.165) is 11.1 Å². The third kappa shape index (κ3) is 7.86. The first-order valence-electron chi connectivity index (χ1n) is 10.3. The number of carbonyl (C=O) groups is 1. The van der Waals surface area contributed by atoms with Crippen LogP contribution in [0.15, 0.2) is 47.4 Å². The van der Waals surface area contributed by atoms with Crippen LogP contribution in [0.3, 0.4) is 0 Å². The van der Waals surface area contributed by atoms with E-state index in [9.17, 15) is 13.2 Å². The summed E-state index contributed by atoms with van der Waals surface area (Å²) in [6.45, 7) is 7.39. The second kappa shape index (κ2) is 11.7. The molecule has 2 aromatic rings. The minimum atomic E-state index is -3.77. The number of carbonyl (C=O) groups excluding carboxylic acids is 1. The maximum absolute atomic E-state index is 12.2. The molecule has 170 valence electrons. The summed E-state index contributed by atoms with van der Waals surface area (Å²) in [6.07, 6.45) is 0.657. The van der Waals surface area contributed by atoms with E-state index in [1.54, 1.807) is 12.1 Å². The van der Waals surface area contributed by atoms with Gasteiger partial charge >= 0.3 is 0 Å². The molecule has 1 amide bonds. The third-order valence-electron chi connectivity index (χ3n) is 4.60. The standard InChI is InChI=1S/C22H31N3O5S/c1-4-29-20-10-9-17(13-21(20)30-5-2)11-12-24-22(26)15-25-16(3)18-7-6-8-19(14-18)31(23,27)28/h6-10,13-14,16,25H,4-5,11-12,15H2,1-3H3,(H,24,26)(H2,23,27,28). The Morgan fingerprint density at radius 1 is 1.06 bits per heavy atom. The van der Waals surface area contributed by atoms with Crippen molar-refractivity contribution in [2.75, 3.05) is 26.3 Å². The van der Waals surface area contributed by atoms with Gasteiger partial charge in [-0.2, -0.15) is 0 Å². The Balaban J connectivity index is 1.83. The number of nitrogens with two attached hydrogens (primary N) is 1. The van der Waals surface area contributed by atoms with Crippen LogP contribution in [0.5, 0.6) is 11.5 Å². The summed E-state index contributed by atoms with van der Waals surface area (Å²) in [5.41, 5.74) is 1.77. The van der Waals surface area contributed by atoms with E-state index in [-0.39, 0.29) is 23.4 Å². The highest BCUT2D eigenvalue weighted by atomic mass is 32.2. The zero-order valence-electron chi connectivity index (χ0n) is 18.2. The van der Waals surface area contributed by atoms with Gasteiger partial charge in [0.2, 0.25) is 15.9 Å². The van der Waals surface area contributed by atoms with Crippen LogP contribution in [-0.2, 0) is 21.2 Å². The van der Waals surface area contributed by atoms with Gasteiger partial charge in [-0.3, -0.25) is 4.79 Å². The number of sulfonamides is 1. The van der Waals surface area contributed by atoms with E-state index in [1.165, 1.54) is 12.1 Å². The van der Waals surface area contributed by atoms with Gasteiger partial charge in [-0.05, 0) is 62.6 Å². The molecule has 2 aromatic carbocycles. The van der Waals surface area contributed by atoms with Crippen molar-refractivity contribution in [2.45, 2.75) is 38.1 Å². The molecule has 0 spiro atoms. The molecule has 31 heavy (non-hydrogen) atoms. The lowest BCUT2D eigenvalue weighted by atomic mass is 10.1. The summed E-state index contributed by atoms with van der Waals surface area (Å²) in [4.78, 5) is 12.2. The van der Waals surface area contributed by atoms with Gasteiger partial charge in [0, 0.05) is 12.6 Å². The summed E-state index contributed by atoms with van der Waals surface area (Å²) in [5, 5.41) is 11.1. The van der Waals surface area contributed by atoms with Crippen molar-refractivity contribution in [1.29, 1.82) is 0 Å². The highest BCUT2D eigenvalue weighted by Crippen LogP contribution is 2.28. The van der Waals surface area contributed by atoms with E-state index < -0.39 is 10.0 Å². The Labute approximate surface area is 184 Å². The van der Waals surface area contributed by atoms with Crippen LogP contribution < -0.4 is 25.2 Å². The Hall–Kier alpha value is -2.62. The molecule has 8 nitrogen and oxygen atoms in total. The number of hydrogen-bond donors (Lipinski definition) is 3. The molecule has 1 unspecified atom stereocenters. The fraction of sp³-hybridized carbons (Fsp3) is 0.409. The molecule has 4 N–H and O–H groups in total. The molecule has 1 atom stereocenters. The highest BCUT2D eigenvalue weighted by molar-refractivity contribution is 7.89. The van der Waals surface area contributed by atoms with E-state index >= 15 is 0 Å². The predicted octanol–water partition coefficient (Wildman–Crippen LogP) is 2.14. The largest absolute Gasteiger partial charge is 0.490 e. The van der Waals surface area contributed by atoms with E-state index in [0.29, 0.717) is 37.7 Å². The molecule has 0 aliphatic heterocycles. The van der Waals surface area contributed by atoms with Crippen LogP contribution in [0.1, 0.15) is 37.9 Å². The molecule has 0 fully saturated rings. The van der Waals surface area contributed by atoms with E-state index in [1.807, 2.05) is 39.0 Å². The molecule has 0 aliphatic rings. The van der Waals surface area contributed by atoms with Crippen LogP contribution in [0, 0.1) is 0 Å². The molecular formula is C22H31N3O5S. The number of amides is 1. The van der Waals surface area contributed by atoms with Crippen molar-refractivity contribution in [3.05, 3.63) is 53.6 Å². The average Bonchev–Trinajstić information content (AvgIpc) is 2.73. The summed E-state index contributed by atoms with van der Waals surface area (Å²) in [6, 6.07) is 11.9. The van der Waals surface area contributed by atoms with E-state index in [4.69, 9.17) is 14.6 Å². The van der Waals surface area contributed by atoms with Crippen LogP contribution in [0.2, 0.25) is 0 Å². The van der Waals surface area contributed by atoms with Crippen molar-refractivity contribution in [3.63, 3.8) is 0 Å². The van der Waals surface area contributed by atoms with E-state index in [2.05, 4.69) is 10.6 Å². The van der Waals surface area contributed by atoms with Gasteiger partial charge in [-0.25, -0.2) is 13.6 Å². The SMILES string of the molecule is CCOc1ccc(CCNC(=O)CNC(C)c2cccc(S(N)(=O)=O)c2)cc1OCC. The lowest BCUT2D eigenvalue weighted by molar-refractivity contribution is -0.120. The Bertz CT molecular complexity index is 979. The number of benzene rings is 2. The molecule has 9 heteroatoms. The Kier molecular flexibility index (Phi) is 9.29. The quantitative estimate of drug-likeness (QED) is 0.457. The summed E-state index contributed by atoms with van der Waals surface area (Å²) in [7, 11) is -3.77. The molecule has 0 radical (unpaired) electrons. The van der Waals surface area contributed by atoms with Gasteiger partial charge in [0.1, 0.15) is 0 Å². The first-order valence-corrected chi connectivity index (χ1v) is 11.8. The van der Waals surface area contributed by atoms with Crippen LogP contribution in [-0.4, -0.2) is 40.6 Å². The Morgan fingerprint density at radius 3 is 2.45 bits per heavy atom. The summed E-state index contributed by atoms with van der Waals surface area (Å²) < 4.78 is 34.2. The predicted molar refractivity (Wildman–Crippen MR) is 120 cm³/mol. The molecule has 0 saturated heterocycles. The number of ether oxygens (including phenoxy) is 2. The first kappa shape index (κ1) is 24.6. The zero-order valence-corrected chi connectivity index (χ0v) is 19.0. The minimum Gasteiger partial charge on any atom is -0.490 e. The lowest BCUT2D eigenvalue weighted by Gasteiger charge is -2.15. The summed E-state index contributed by atoms with van der Waals surface area (Å²) in [5.74, 6) is 1.26. The smallest absolute Gasteiger partial charge is 0.238 e. The second-order valence-electron chi connectivity index (χ2n) is 6.97. The number of nitrogens with one attached hydrogen (secondary N) is 2. The van der Waals surface area contributed by atoms with Crippen molar-refractivity contribution < 1.29 is 22.7 Å².